The van der Waals surface area contributed by atoms with Crippen molar-refractivity contribution in [1.29, 1.82) is 0 Å². The molecule has 1 fully saturated rings. The first-order chi connectivity index (χ1) is 10.2. The number of hydrogen-bond acceptors (Lipinski definition) is 3. The van der Waals surface area contributed by atoms with E-state index in [1.165, 1.54) is 12.8 Å². The Hall–Kier alpha value is -1.91. The van der Waals surface area contributed by atoms with Crippen LogP contribution >= 0.6 is 0 Å². The van der Waals surface area contributed by atoms with Gasteiger partial charge in [-0.2, -0.15) is 0 Å². The highest BCUT2D eigenvalue weighted by Gasteiger charge is 2.19. The third-order valence-corrected chi connectivity index (χ3v) is 4.06. The molecule has 1 aliphatic carbocycles. The van der Waals surface area contributed by atoms with Gasteiger partial charge in [0.25, 0.3) is 0 Å². The molecular weight excluding hydrogens is 268 g/mol. The molecule has 0 unspecified atom stereocenters. The van der Waals surface area contributed by atoms with Crippen LogP contribution in [0.15, 0.2) is 18.2 Å². The standard InChI is InChI=1S/C16H22N2O3/c1-18(16(19)17-13-4-2-3-5-13)11-12-6-7-14-15(10-12)21-9-8-20-14/h6-7,10,13H,2-5,8-9,11H2,1H3,(H,17,19). The lowest BCUT2D eigenvalue weighted by Crippen LogP contribution is -2.41. The van der Waals surface area contributed by atoms with Gasteiger partial charge < -0.3 is 19.7 Å². The van der Waals surface area contributed by atoms with Crippen molar-refractivity contribution in [3.8, 4) is 11.5 Å². The summed E-state index contributed by atoms with van der Waals surface area (Å²) in [6, 6.07) is 6.18. The average Bonchev–Trinajstić information content (AvgIpc) is 3.00. The Morgan fingerprint density at radius 1 is 1.24 bits per heavy atom. The number of ether oxygens (including phenoxy) is 2. The Morgan fingerprint density at radius 3 is 2.71 bits per heavy atom. The molecule has 21 heavy (non-hydrogen) atoms. The van der Waals surface area contributed by atoms with Crippen molar-refractivity contribution < 1.29 is 14.3 Å². The van der Waals surface area contributed by atoms with Gasteiger partial charge in [0.15, 0.2) is 11.5 Å². The molecule has 1 N–H and O–H groups in total. The lowest BCUT2D eigenvalue weighted by molar-refractivity contribution is 0.171. The first kappa shape index (κ1) is 14.0. The van der Waals surface area contributed by atoms with Crippen LogP contribution in [0.2, 0.25) is 0 Å². The van der Waals surface area contributed by atoms with E-state index in [-0.39, 0.29) is 6.03 Å². The number of benzene rings is 1. The number of hydrogen-bond donors (Lipinski definition) is 1. The summed E-state index contributed by atoms with van der Waals surface area (Å²) < 4.78 is 11.1. The van der Waals surface area contributed by atoms with Crippen LogP contribution in [0, 0.1) is 0 Å². The van der Waals surface area contributed by atoms with Crippen molar-refractivity contribution in [2.45, 2.75) is 38.3 Å². The van der Waals surface area contributed by atoms with Crippen molar-refractivity contribution in [2.24, 2.45) is 0 Å². The van der Waals surface area contributed by atoms with Gasteiger partial charge in [-0.1, -0.05) is 18.9 Å². The highest BCUT2D eigenvalue weighted by atomic mass is 16.6. The Morgan fingerprint density at radius 2 is 1.95 bits per heavy atom. The van der Waals surface area contributed by atoms with E-state index in [1.807, 2.05) is 25.2 Å². The predicted molar refractivity (Wildman–Crippen MR) is 79.7 cm³/mol. The SMILES string of the molecule is CN(Cc1ccc2c(c1)OCCO2)C(=O)NC1CCCC1. The number of fused-ring (bicyclic) bond motifs is 1. The quantitative estimate of drug-likeness (QED) is 0.930. The van der Waals surface area contributed by atoms with Crippen LogP contribution in [0.4, 0.5) is 4.79 Å². The molecule has 114 valence electrons. The van der Waals surface area contributed by atoms with Crippen LogP contribution in [0.5, 0.6) is 11.5 Å². The zero-order valence-electron chi connectivity index (χ0n) is 12.4. The van der Waals surface area contributed by atoms with E-state index < -0.39 is 0 Å². The van der Waals surface area contributed by atoms with Gasteiger partial charge in [-0.3, -0.25) is 0 Å². The molecule has 2 aliphatic rings. The number of nitrogens with one attached hydrogen (secondary N) is 1. The molecule has 0 radical (unpaired) electrons. The minimum Gasteiger partial charge on any atom is -0.486 e. The third kappa shape index (κ3) is 3.40. The van der Waals surface area contributed by atoms with Crippen LogP contribution in [0.3, 0.4) is 0 Å². The first-order valence-electron chi connectivity index (χ1n) is 7.62. The molecule has 2 amide bonds. The maximum absolute atomic E-state index is 12.2. The fourth-order valence-electron chi connectivity index (χ4n) is 2.89. The van der Waals surface area contributed by atoms with Gasteiger partial charge in [0, 0.05) is 19.6 Å². The molecule has 1 aliphatic heterocycles. The molecule has 0 aromatic heterocycles. The summed E-state index contributed by atoms with van der Waals surface area (Å²) in [4.78, 5) is 13.9. The van der Waals surface area contributed by atoms with Gasteiger partial charge in [0.1, 0.15) is 13.2 Å². The fourth-order valence-corrected chi connectivity index (χ4v) is 2.89. The van der Waals surface area contributed by atoms with Crippen LogP contribution in [0.25, 0.3) is 0 Å². The predicted octanol–water partition coefficient (Wildman–Crippen LogP) is 2.54. The zero-order chi connectivity index (χ0) is 14.7. The van der Waals surface area contributed by atoms with Gasteiger partial charge in [0.2, 0.25) is 0 Å². The molecule has 3 rings (SSSR count). The average molecular weight is 290 g/mol. The van der Waals surface area contributed by atoms with E-state index in [4.69, 9.17) is 9.47 Å². The first-order valence-corrected chi connectivity index (χ1v) is 7.62. The summed E-state index contributed by atoms with van der Waals surface area (Å²) in [6.07, 6.45) is 4.64. The van der Waals surface area contributed by atoms with E-state index in [9.17, 15) is 4.79 Å². The van der Waals surface area contributed by atoms with Crippen LogP contribution in [0.1, 0.15) is 31.2 Å². The molecule has 1 heterocycles. The zero-order valence-corrected chi connectivity index (χ0v) is 12.4. The molecule has 1 aromatic carbocycles. The highest BCUT2D eigenvalue weighted by Crippen LogP contribution is 2.31. The Balaban J connectivity index is 1.58. The summed E-state index contributed by atoms with van der Waals surface area (Å²) in [5.74, 6) is 1.55. The highest BCUT2D eigenvalue weighted by molar-refractivity contribution is 5.74. The van der Waals surface area contributed by atoms with Gasteiger partial charge >= 0.3 is 6.03 Å². The lowest BCUT2D eigenvalue weighted by atomic mass is 10.2. The maximum atomic E-state index is 12.2. The van der Waals surface area contributed by atoms with E-state index in [0.29, 0.717) is 25.8 Å². The second-order valence-corrected chi connectivity index (χ2v) is 5.76. The number of carbonyl (C=O) groups excluding carboxylic acids is 1. The fraction of sp³-hybridized carbons (Fsp3) is 0.562. The lowest BCUT2D eigenvalue weighted by Gasteiger charge is -2.22. The van der Waals surface area contributed by atoms with Crippen LogP contribution in [-0.4, -0.2) is 37.2 Å². The number of urea groups is 1. The number of amides is 2. The van der Waals surface area contributed by atoms with Gasteiger partial charge in [-0.25, -0.2) is 4.79 Å². The smallest absolute Gasteiger partial charge is 0.317 e. The summed E-state index contributed by atoms with van der Waals surface area (Å²) in [7, 11) is 1.82. The molecular formula is C16H22N2O3. The number of carbonyl (C=O) groups is 1. The van der Waals surface area contributed by atoms with Crippen LogP contribution in [-0.2, 0) is 6.54 Å². The van der Waals surface area contributed by atoms with Gasteiger partial charge in [-0.15, -0.1) is 0 Å². The Kier molecular flexibility index (Phi) is 4.18. The van der Waals surface area contributed by atoms with E-state index >= 15 is 0 Å². The van der Waals surface area contributed by atoms with E-state index in [1.54, 1.807) is 4.90 Å². The van der Waals surface area contributed by atoms with Crippen molar-refractivity contribution in [3.05, 3.63) is 23.8 Å². The van der Waals surface area contributed by atoms with E-state index in [2.05, 4.69) is 5.32 Å². The second kappa shape index (κ2) is 6.24. The van der Waals surface area contributed by atoms with Gasteiger partial charge in [0.05, 0.1) is 0 Å². The molecule has 0 atom stereocenters. The normalized spacial score (nSPS) is 17.6. The monoisotopic (exact) mass is 290 g/mol. The second-order valence-electron chi connectivity index (χ2n) is 5.76. The molecule has 0 saturated heterocycles. The number of rotatable bonds is 3. The minimum absolute atomic E-state index is 0.00297. The summed E-state index contributed by atoms with van der Waals surface area (Å²) in [5, 5.41) is 3.09. The molecule has 0 bridgehead atoms. The summed E-state index contributed by atoms with van der Waals surface area (Å²) >= 11 is 0. The Labute approximate surface area is 125 Å². The van der Waals surface area contributed by atoms with Crippen molar-refractivity contribution >= 4 is 6.03 Å². The Bertz CT molecular complexity index is 512. The molecule has 5 nitrogen and oxygen atoms in total. The van der Waals surface area contributed by atoms with Crippen molar-refractivity contribution in [1.82, 2.24) is 10.2 Å². The summed E-state index contributed by atoms with van der Waals surface area (Å²) in [5.41, 5.74) is 1.04. The maximum Gasteiger partial charge on any atom is 0.317 e. The largest absolute Gasteiger partial charge is 0.486 e. The van der Waals surface area contributed by atoms with Crippen LogP contribution < -0.4 is 14.8 Å². The molecule has 1 saturated carbocycles. The summed E-state index contributed by atoms with van der Waals surface area (Å²) in [6.45, 7) is 1.74. The third-order valence-electron chi connectivity index (χ3n) is 4.06. The molecule has 1 aromatic rings. The molecule has 5 heteroatoms. The molecule has 0 spiro atoms. The van der Waals surface area contributed by atoms with E-state index in [0.717, 1.165) is 29.9 Å². The minimum atomic E-state index is -0.00297. The van der Waals surface area contributed by atoms with Crippen molar-refractivity contribution in [3.63, 3.8) is 0 Å². The van der Waals surface area contributed by atoms with Gasteiger partial charge in [-0.05, 0) is 30.5 Å². The topological polar surface area (TPSA) is 50.8 Å². The number of nitrogens with zero attached hydrogens (tertiary/aromatic N) is 1. The van der Waals surface area contributed by atoms with Crippen molar-refractivity contribution in [2.75, 3.05) is 20.3 Å².